The zero-order chi connectivity index (χ0) is 13.7. The molecule has 0 atom stereocenters. The first kappa shape index (κ1) is 13.5. The lowest BCUT2D eigenvalue weighted by atomic mass is 10.3. The molecule has 0 radical (unpaired) electrons. The van der Waals surface area contributed by atoms with Gasteiger partial charge in [0.25, 0.3) is 5.91 Å². The smallest absolute Gasteiger partial charge is 0.268 e. The Bertz CT molecular complexity index is 569. The Kier molecular flexibility index (Phi) is 4.48. The van der Waals surface area contributed by atoms with Crippen molar-refractivity contribution < 1.29 is 13.9 Å². The monoisotopic (exact) mass is 278 g/mol. The van der Waals surface area contributed by atoms with Crippen LogP contribution in [0.2, 0.25) is 0 Å². The van der Waals surface area contributed by atoms with Crippen LogP contribution in [0.3, 0.4) is 0 Å². The van der Waals surface area contributed by atoms with Crippen molar-refractivity contribution in [3.05, 3.63) is 47.9 Å². The number of ether oxygens (including phenoxy) is 1. The Labute approximate surface area is 115 Å². The van der Waals surface area contributed by atoms with Crippen molar-refractivity contribution in [1.82, 2.24) is 5.43 Å². The minimum absolute atomic E-state index is 0.259. The van der Waals surface area contributed by atoms with E-state index >= 15 is 0 Å². The molecule has 0 spiro atoms. The lowest BCUT2D eigenvalue weighted by Gasteiger charge is -2.07. The number of hydrogen-bond acceptors (Lipinski definition) is 5. The summed E-state index contributed by atoms with van der Waals surface area (Å²) in [6.45, 7) is 0.259. The molecule has 3 N–H and O–H groups in total. The number of para-hydroxylation sites is 1. The first-order chi connectivity index (χ1) is 9.24. The number of thioether (sulfide) groups is 1. The van der Waals surface area contributed by atoms with Gasteiger partial charge in [-0.05, 0) is 24.5 Å². The average Bonchev–Trinajstić information content (AvgIpc) is 2.93. The molecule has 1 heterocycles. The van der Waals surface area contributed by atoms with Crippen molar-refractivity contribution in [2.45, 2.75) is 11.5 Å². The molecule has 2 rings (SSSR count). The number of nitrogens with two attached hydrogens (primary N) is 1. The van der Waals surface area contributed by atoms with E-state index in [9.17, 15) is 4.79 Å². The minimum atomic E-state index is -0.389. The number of hydrazine groups is 1. The summed E-state index contributed by atoms with van der Waals surface area (Å²) in [6, 6.07) is 9.33. The highest BCUT2D eigenvalue weighted by molar-refractivity contribution is 7.98. The molecule has 6 heteroatoms. The number of carbonyl (C=O) groups excluding carboxylic acids is 1. The van der Waals surface area contributed by atoms with Gasteiger partial charge in [-0.15, -0.1) is 11.8 Å². The maximum atomic E-state index is 11.3. The van der Waals surface area contributed by atoms with Crippen LogP contribution in [0.1, 0.15) is 16.1 Å². The molecule has 0 aliphatic carbocycles. The predicted octanol–water partition coefficient (Wildman–Crippen LogP) is 2.18. The van der Waals surface area contributed by atoms with Gasteiger partial charge in [0, 0.05) is 4.90 Å². The van der Waals surface area contributed by atoms with Gasteiger partial charge in [-0.1, -0.05) is 12.1 Å². The van der Waals surface area contributed by atoms with Crippen LogP contribution in [0.15, 0.2) is 45.9 Å². The molecular formula is C13H14N2O3S. The summed E-state index contributed by atoms with van der Waals surface area (Å²) in [5, 5.41) is 0. The van der Waals surface area contributed by atoms with E-state index in [0.717, 1.165) is 10.6 Å². The summed E-state index contributed by atoms with van der Waals surface area (Å²) in [7, 11) is 0. The summed E-state index contributed by atoms with van der Waals surface area (Å²) in [5.41, 5.74) is 2.42. The predicted molar refractivity (Wildman–Crippen MR) is 72.9 cm³/mol. The van der Waals surface area contributed by atoms with E-state index in [2.05, 4.69) is 0 Å². The molecule has 0 aliphatic heterocycles. The molecule has 0 bridgehead atoms. The zero-order valence-corrected chi connectivity index (χ0v) is 11.2. The third-order valence-corrected chi connectivity index (χ3v) is 3.26. The number of furan rings is 1. The lowest BCUT2D eigenvalue weighted by Crippen LogP contribution is -2.29. The standard InChI is InChI=1S/C13H14N2O3S/c1-19-12-5-3-2-4-11(12)18-8-10-6-9(7-17-10)13(16)15-14/h2-7H,8,14H2,1H3,(H,15,16). The van der Waals surface area contributed by atoms with Gasteiger partial charge in [-0.3, -0.25) is 10.2 Å². The largest absolute Gasteiger partial charge is 0.484 e. The Morgan fingerprint density at radius 1 is 1.47 bits per heavy atom. The fraction of sp³-hybridized carbons (Fsp3) is 0.154. The summed E-state index contributed by atoms with van der Waals surface area (Å²) >= 11 is 1.61. The van der Waals surface area contributed by atoms with E-state index in [-0.39, 0.29) is 12.5 Å². The van der Waals surface area contributed by atoms with Crippen LogP contribution in [-0.4, -0.2) is 12.2 Å². The Hall–Kier alpha value is -1.92. The fourth-order valence-corrected chi connectivity index (χ4v) is 2.09. The molecule has 0 saturated carbocycles. The van der Waals surface area contributed by atoms with Crippen LogP contribution >= 0.6 is 11.8 Å². The number of carbonyl (C=O) groups is 1. The van der Waals surface area contributed by atoms with Gasteiger partial charge < -0.3 is 9.15 Å². The van der Waals surface area contributed by atoms with Crippen LogP contribution in [-0.2, 0) is 6.61 Å². The molecule has 0 saturated heterocycles. The van der Waals surface area contributed by atoms with Crippen molar-refractivity contribution in [2.24, 2.45) is 5.84 Å². The van der Waals surface area contributed by atoms with Crippen LogP contribution in [0.25, 0.3) is 0 Å². The van der Waals surface area contributed by atoms with Crippen LogP contribution in [0.5, 0.6) is 5.75 Å². The molecular weight excluding hydrogens is 264 g/mol. The fourth-order valence-electron chi connectivity index (χ4n) is 1.55. The molecule has 1 amide bonds. The first-order valence-corrected chi connectivity index (χ1v) is 6.81. The average molecular weight is 278 g/mol. The second-order valence-electron chi connectivity index (χ2n) is 3.71. The highest BCUT2D eigenvalue weighted by Crippen LogP contribution is 2.27. The topological polar surface area (TPSA) is 77.5 Å². The van der Waals surface area contributed by atoms with Gasteiger partial charge in [0.1, 0.15) is 24.4 Å². The van der Waals surface area contributed by atoms with Gasteiger partial charge in [0.05, 0.1) is 5.56 Å². The van der Waals surface area contributed by atoms with Crippen LogP contribution < -0.4 is 16.0 Å². The quantitative estimate of drug-likeness (QED) is 0.379. The summed E-state index contributed by atoms with van der Waals surface area (Å²) in [6.07, 6.45) is 3.33. The molecule has 19 heavy (non-hydrogen) atoms. The van der Waals surface area contributed by atoms with Gasteiger partial charge in [-0.25, -0.2) is 5.84 Å². The van der Waals surface area contributed by atoms with E-state index in [1.165, 1.54) is 6.26 Å². The van der Waals surface area contributed by atoms with E-state index in [1.807, 2.05) is 35.9 Å². The maximum absolute atomic E-state index is 11.3. The highest BCUT2D eigenvalue weighted by Gasteiger charge is 2.09. The Morgan fingerprint density at radius 2 is 2.26 bits per heavy atom. The van der Waals surface area contributed by atoms with E-state index < -0.39 is 0 Å². The molecule has 100 valence electrons. The summed E-state index contributed by atoms with van der Waals surface area (Å²) in [5.74, 6) is 6.00. The molecule has 5 nitrogen and oxygen atoms in total. The van der Waals surface area contributed by atoms with Crippen molar-refractivity contribution in [1.29, 1.82) is 0 Å². The number of rotatable bonds is 5. The van der Waals surface area contributed by atoms with Crippen molar-refractivity contribution in [3.8, 4) is 5.75 Å². The molecule has 2 aromatic rings. The SMILES string of the molecule is CSc1ccccc1OCc1cc(C(=O)NN)co1. The summed E-state index contributed by atoms with van der Waals surface area (Å²) < 4.78 is 10.9. The zero-order valence-electron chi connectivity index (χ0n) is 10.4. The normalized spacial score (nSPS) is 10.2. The number of hydrogen-bond donors (Lipinski definition) is 2. The van der Waals surface area contributed by atoms with Crippen LogP contribution in [0.4, 0.5) is 0 Å². The van der Waals surface area contributed by atoms with E-state index in [1.54, 1.807) is 17.8 Å². The van der Waals surface area contributed by atoms with Crippen molar-refractivity contribution >= 4 is 17.7 Å². The third kappa shape index (κ3) is 3.30. The summed E-state index contributed by atoms with van der Waals surface area (Å²) in [4.78, 5) is 12.3. The van der Waals surface area contributed by atoms with E-state index in [4.69, 9.17) is 15.0 Å². The number of benzene rings is 1. The van der Waals surface area contributed by atoms with Crippen molar-refractivity contribution in [2.75, 3.05) is 6.26 Å². The number of nitrogen functional groups attached to an aromatic ring is 1. The van der Waals surface area contributed by atoms with Gasteiger partial charge in [0.2, 0.25) is 0 Å². The number of nitrogens with one attached hydrogen (secondary N) is 1. The molecule has 0 aliphatic rings. The Morgan fingerprint density at radius 3 is 3.00 bits per heavy atom. The van der Waals surface area contributed by atoms with Gasteiger partial charge >= 0.3 is 0 Å². The van der Waals surface area contributed by atoms with Gasteiger partial charge in [0.15, 0.2) is 0 Å². The molecule has 1 aromatic carbocycles. The Balaban J connectivity index is 2.02. The first-order valence-electron chi connectivity index (χ1n) is 5.58. The lowest BCUT2D eigenvalue weighted by molar-refractivity contribution is 0.0953. The van der Waals surface area contributed by atoms with Crippen LogP contribution in [0, 0.1) is 0 Å². The second kappa shape index (κ2) is 6.31. The van der Waals surface area contributed by atoms with E-state index in [0.29, 0.717) is 11.3 Å². The van der Waals surface area contributed by atoms with Gasteiger partial charge in [-0.2, -0.15) is 0 Å². The maximum Gasteiger partial charge on any atom is 0.268 e. The minimum Gasteiger partial charge on any atom is -0.484 e. The third-order valence-electron chi connectivity index (χ3n) is 2.49. The molecule has 0 unspecified atom stereocenters. The molecule has 0 fully saturated rings. The highest BCUT2D eigenvalue weighted by atomic mass is 32.2. The molecule has 1 aromatic heterocycles. The second-order valence-corrected chi connectivity index (χ2v) is 4.56. The number of amides is 1. The van der Waals surface area contributed by atoms with Crippen molar-refractivity contribution in [3.63, 3.8) is 0 Å².